The summed E-state index contributed by atoms with van der Waals surface area (Å²) in [7, 11) is 0. The van der Waals surface area contributed by atoms with Gasteiger partial charge in [0.1, 0.15) is 18.1 Å². The molecule has 0 saturated heterocycles. The number of nitriles is 1. The lowest BCUT2D eigenvalue weighted by Gasteiger charge is -2.14. The molecule has 0 unspecified atom stereocenters. The van der Waals surface area contributed by atoms with Crippen LogP contribution in [-0.4, -0.2) is 10.9 Å². The minimum absolute atomic E-state index is 0.0558. The summed E-state index contributed by atoms with van der Waals surface area (Å²) in [5.74, 6) is 0.557. The van der Waals surface area contributed by atoms with Gasteiger partial charge in [-0.3, -0.25) is 4.79 Å². The Hall–Kier alpha value is -2.80. The third kappa shape index (κ3) is 3.89. The summed E-state index contributed by atoms with van der Waals surface area (Å²) in [4.78, 5) is 11.6. The van der Waals surface area contributed by atoms with Crippen molar-refractivity contribution < 1.29 is 14.6 Å². The van der Waals surface area contributed by atoms with Crippen molar-refractivity contribution in [2.24, 2.45) is 0 Å². The maximum atomic E-state index is 11.6. The van der Waals surface area contributed by atoms with Crippen molar-refractivity contribution in [2.45, 2.75) is 33.3 Å². The second-order valence-electron chi connectivity index (χ2n) is 5.33. The van der Waals surface area contributed by atoms with Crippen molar-refractivity contribution in [1.29, 1.82) is 5.26 Å². The van der Waals surface area contributed by atoms with Crippen LogP contribution in [0.25, 0.3) is 0 Å². The lowest BCUT2D eigenvalue weighted by molar-refractivity contribution is 0.101. The molecule has 4 heteroatoms. The second kappa shape index (κ2) is 7.46. The molecule has 0 aromatic heterocycles. The van der Waals surface area contributed by atoms with E-state index in [2.05, 4.69) is 6.07 Å². The molecule has 23 heavy (non-hydrogen) atoms. The number of ketones is 1. The van der Waals surface area contributed by atoms with E-state index in [1.54, 1.807) is 30.3 Å². The highest BCUT2D eigenvalue weighted by Gasteiger charge is 2.15. The maximum absolute atomic E-state index is 11.6. The Labute approximate surface area is 136 Å². The van der Waals surface area contributed by atoms with Gasteiger partial charge in [-0.2, -0.15) is 5.26 Å². The Morgan fingerprint density at radius 3 is 2.48 bits per heavy atom. The van der Waals surface area contributed by atoms with Gasteiger partial charge in [-0.1, -0.05) is 19.4 Å². The number of aromatic hydroxyl groups is 1. The molecule has 0 saturated carbocycles. The normalized spacial score (nSPS) is 10.1. The van der Waals surface area contributed by atoms with Crippen LogP contribution in [0.15, 0.2) is 36.4 Å². The Bertz CT molecular complexity index is 742. The molecule has 118 valence electrons. The molecule has 2 aromatic rings. The van der Waals surface area contributed by atoms with E-state index < -0.39 is 0 Å². The van der Waals surface area contributed by atoms with E-state index in [4.69, 9.17) is 10.00 Å². The Balaban J connectivity index is 2.23. The topological polar surface area (TPSA) is 70.3 Å². The number of rotatable bonds is 6. The molecular weight excluding hydrogens is 290 g/mol. The first kappa shape index (κ1) is 16.6. The molecule has 2 aromatic carbocycles. The number of carbonyl (C=O) groups is 1. The number of Topliss-reactive ketones (excluding diaryl/α,β-unsaturated/α-hetero) is 1. The molecule has 0 fully saturated rings. The Kier molecular flexibility index (Phi) is 5.37. The number of nitrogens with zero attached hydrogens (tertiary/aromatic N) is 1. The minimum atomic E-state index is -0.153. The predicted octanol–water partition coefficient (Wildman–Crippen LogP) is 4.00. The van der Waals surface area contributed by atoms with Gasteiger partial charge in [0.15, 0.2) is 5.78 Å². The number of carbonyl (C=O) groups excluding carboxylic acids is 1. The summed E-state index contributed by atoms with van der Waals surface area (Å²) < 4.78 is 5.73. The first-order valence-corrected chi connectivity index (χ1v) is 7.54. The van der Waals surface area contributed by atoms with Crippen LogP contribution in [0.2, 0.25) is 0 Å². The third-order valence-electron chi connectivity index (χ3n) is 3.64. The maximum Gasteiger partial charge on any atom is 0.163 e. The minimum Gasteiger partial charge on any atom is -0.507 e. The standard InChI is InChI=1S/C19H19NO3/c1-3-4-18-15(7-10-17(13(2)21)19(18)22)12-23-16-8-5-14(11-20)6-9-16/h5-10,22H,3-4,12H2,1-2H3. The molecule has 0 aliphatic carbocycles. The number of phenols is 1. The SMILES string of the molecule is CCCc1c(COc2ccc(C#N)cc2)ccc(C(C)=O)c1O. The number of phenolic OH excluding ortho intramolecular Hbond substituents is 1. The molecule has 0 radical (unpaired) electrons. The van der Waals surface area contributed by atoms with Crippen molar-refractivity contribution in [2.75, 3.05) is 0 Å². The van der Waals surface area contributed by atoms with Crippen molar-refractivity contribution >= 4 is 5.78 Å². The lowest BCUT2D eigenvalue weighted by atomic mass is 9.97. The predicted molar refractivity (Wildman–Crippen MR) is 87.6 cm³/mol. The monoisotopic (exact) mass is 309 g/mol. The van der Waals surface area contributed by atoms with E-state index in [-0.39, 0.29) is 11.5 Å². The Morgan fingerprint density at radius 1 is 1.22 bits per heavy atom. The Morgan fingerprint density at radius 2 is 1.91 bits per heavy atom. The number of hydrogen-bond acceptors (Lipinski definition) is 4. The highest BCUT2D eigenvalue weighted by molar-refractivity contribution is 5.97. The zero-order valence-corrected chi connectivity index (χ0v) is 13.3. The van der Waals surface area contributed by atoms with Crippen LogP contribution in [0.5, 0.6) is 11.5 Å². The van der Waals surface area contributed by atoms with Gasteiger partial charge in [0.05, 0.1) is 17.2 Å². The largest absolute Gasteiger partial charge is 0.507 e. The van der Waals surface area contributed by atoms with Crippen LogP contribution < -0.4 is 4.74 Å². The zero-order chi connectivity index (χ0) is 16.8. The summed E-state index contributed by atoms with van der Waals surface area (Å²) in [6, 6.07) is 12.4. The zero-order valence-electron chi connectivity index (χ0n) is 13.3. The van der Waals surface area contributed by atoms with Crippen molar-refractivity contribution in [1.82, 2.24) is 0 Å². The lowest BCUT2D eigenvalue weighted by Crippen LogP contribution is -2.04. The van der Waals surface area contributed by atoms with Gasteiger partial charge >= 0.3 is 0 Å². The summed E-state index contributed by atoms with van der Waals surface area (Å²) in [6.45, 7) is 3.76. The highest BCUT2D eigenvalue weighted by atomic mass is 16.5. The molecule has 0 amide bonds. The van der Waals surface area contributed by atoms with Crippen molar-refractivity contribution in [3.63, 3.8) is 0 Å². The molecule has 2 rings (SSSR count). The molecule has 0 bridgehead atoms. The van der Waals surface area contributed by atoms with E-state index in [1.165, 1.54) is 6.92 Å². The summed E-state index contributed by atoms with van der Waals surface area (Å²) in [6.07, 6.45) is 1.54. The second-order valence-corrected chi connectivity index (χ2v) is 5.33. The first-order chi connectivity index (χ1) is 11.1. The van der Waals surface area contributed by atoms with Crippen LogP contribution in [-0.2, 0) is 13.0 Å². The average molecular weight is 309 g/mol. The van der Waals surface area contributed by atoms with Crippen LogP contribution in [0, 0.1) is 11.3 Å². The van der Waals surface area contributed by atoms with Crippen LogP contribution in [0.4, 0.5) is 0 Å². The molecule has 4 nitrogen and oxygen atoms in total. The van der Waals surface area contributed by atoms with Crippen molar-refractivity contribution in [3.8, 4) is 17.6 Å². The summed E-state index contributed by atoms with van der Waals surface area (Å²) in [5.41, 5.74) is 2.54. The van der Waals surface area contributed by atoms with Gasteiger partial charge in [-0.15, -0.1) is 0 Å². The van der Waals surface area contributed by atoms with Crippen LogP contribution in [0.3, 0.4) is 0 Å². The van der Waals surface area contributed by atoms with E-state index in [0.717, 1.165) is 17.5 Å². The van der Waals surface area contributed by atoms with Gasteiger partial charge in [0.2, 0.25) is 0 Å². The quantitative estimate of drug-likeness (QED) is 0.819. The molecule has 0 heterocycles. The van der Waals surface area contributed by atoms with E-state index in [1.807, 2.05) is 13.0 Å². The van der Waals surface area contributed by atoms with Gasteiger partial charge in [-0.05, 0) is 49.2 Å². The number of ether oxygens (including phenoxy) is 1. The number of hydrogen-bond donors (Lipinski definition) is 1. The molecular formula is C19H19NO3. The summed E-state index contributed by atoms with van der Waals surface area (Å²) in [5, 5.41) is 19.1. The van der Waals surface area contributed by atoms with E-state index >= 15 is 0 Å². The molecule has 0 spiro atoms. The fraction of sp³-hybridized carbons (Fsp3) is 0.263. The van der Waals surface area contributed by atoms with Gasteiger partial charge < -0.3 is 9.84 Å². The van der Waals surface area contributed by atoms with E-state index in [9.17, 15) is 9.90 Å². The van der Waals surface area contributed by atoms with Crippen LogP contribution >= 0.6 is 0 Å². The van der Waals surface area contributed by atoms with Crippen LogP contribution in [0.1, 0.15) is 47.3 Å². The summed E-state index contributed by atoms with van der Waals surface area (Å²) >= 11 is 0. The van der Waals surface area contributed by atoms with Gasteiger partial charge in [0, 0.05) is 5.56 Å². The average Bonchev–Trinajstić information content (AvgIpc) is 2.55. The van der Waals surface area contributed by atoms with Gasteiger partial charge in [-0.25, -0.2) is 0 Å². The fourth-order valence-electron chi connectivity index (χ4n) is 2.41. The third-order valence-corrected chi connectivity index (χ3v) is 3.64. The fourth-order valence-corrected chi connectivity index (χ4v) is 2.41. The molecule has 0 aliphatic rings. The smallest absolute Gasteiger partial charge is 0.163 e. The molecule has 0 aliphatic heterocycles. The number of benzene rings is 2. The first-order valence-electron chi connectivity index (χ1n) is 7.54. The highest BCUT2D eigenvalue weighted by Crippen LogP contribution is 2.29. The van der Waals surface area contributed by atoms with Crippen molar-refractivity contribution in [3.05, 3.63) is 58.7 Å². The molecule has 1 N–H and O–H groups in total. The molecule has 0 atom stereocenters. The van der Waals surface area contributed by atoms with Gasteiger partial charge in [0.25, 0.3) is 0 Å². The van der Waals surface area contributed by atoms with E-state index in [0.29, 0.717) is 29.9 Å².